The molecule has 1 saturated heterocycles. The molecule has 0 aliphatic carbocycles. The molecule has 1 unspecified atom stereocenters. The van der Waals surface area contributed by atoms with Gasteiger partial charge in [-0.15, -0.1) is 11.3 Å². The first-order valence-electron chi connectivity index (χ1n) is 8.62. The monoisotopic (exact) mass is 354 g/mol. The Morgan fingerprint density at radius 1 is 1.32 bits per heavy atom. The Balaban J connectivity index is 1.56. The fraction of sp³-hybridized carbons (Fsp3) is 0.444. The summed E-state index contributed by atoms with van der Waals surface area (Å²) >= 11 is 1.72. The van der Waals surface area contributed by atoms with E-state index in [0.29, 0.717) is 5.92 Å². The standard InChI is InChI=1S/C18H22N6S/c1-13-8-16(18-20-5-7-23(18)2)22-17(21-13)14-4-3-6-24(10-14)11-15-9-19-12-25-15/h5,7-9,12,14H,3-4,6,10-11H2,1-2H3. The Kier molecular flexibility index (Phi) is 4.59. The van der Waals surface area contributed by atoms with Crippen molar-refractivity contribution < 1.29 is 0 Å². The highest BCUT2D eigenvalue weighted by atomic mass is 32.1. The average molecular weight is 354 g/mol. The minimum Gasteiger partial charge on any atom is -0.333 e. The van der Waals surface area contributed by atoms with E-state index in [4.69, 9.17) is 9.97 Å². The molecule has 0 N–H and O–H groups in total. The number of nitrogens with zero attached hydrogens (tertiary/aromatic N) is 6. The van der Waals surface area contributed by atoms with E-state index in [0.717, 1.165) is 49.1 Å². The molecule has 0 saturated carbocycles. The van der Waals surface area contributed by atoms with E-state index < -0.39 is 0 Å². The zero-order chi connectivity index (χ0) is 17.2. The van der Waals surface area contributed by atoms with Gasteiger partial charge in [-0.25, -0.2) is 15.0 Å². The molecule has 0 amide bonds. The van der Waals surface area contributed by atoms with E-state index in [1.807, 2.05) is 48.7 Å². The van der Waals surface area contributed by atoms with Crippen molar-refractivity contribution in [3.05, 3.63) is 46.6 Å². The molecule has 130 valence electrons. The van der Waals surface area contributed by atoms with Gasteiger partial charge in [0.1, 0.15) is 11.5 Å². The third kappa shape index (κ3) is 3.62. The van der Waals surface area contributed by atoms with Crippen LogP contribution in [0.5, 0.6) is 0 Å². The Morgan fingerprint density at radius 3 is 3.00 bits per heavy atom. The number of aryl methyl sites for hydroxylation is 2. The van der Waals surface area contributed by atoms with Crippen LogP contribution in [0.15, 0.2) is 30.2 Å². The van der Waals surface area contributed by atoms with Gasteiger partial charge >= 0.3 is 0 Å². The quantitative estimate of drug-likeness (QED) is 0.721. The molecule has 3 aromatic rings. The van der Waals surface area contributed by atoms with Gasteiger partial charge in [-0.2, -0.15) is 0 Å². The van der Waals surface area contributed by atoms with Gasteiger partial charge in [0.25, 0.3) is 0 Å². The van der Waals surface area contributed by atoms with Crippen LogP contribution >= 0.6 is 11.3 Å². The first-order chi connectivity index (χ1) is 12.2. The highest BCUT2D eigenvalue weighted by Crippen LogP contribution is 2.27. The van der Waals surface area contributed by atoms with Gasteiger partial charge in [0.15, 0.2) is 5.82 Å². The van der Waals surface area contributed by atoms with Crippen molar-refractivity contribution in [1.82, 2.24) is 29.4 Å². The molecule has 6 nitrogen and oxygen atoms in total. The van der Waals surface area contributed by atoms with E-state index in [1.165, 1.54) is 11.3 Å². The normalized spacial score (nSPS) is 18.6. The zero-order valence-electron chi connectivity index (χ0n) is 14.6. The van der Waals surface area contributed by atoms with Crippen LogP contribution in [-0.4, -0.2) is 42.5 Å². The topological polar surface area (TPSA) is 59.7 Å². The molecule has 4 rings (SSSR count). The fourth-order valence-corrected chi connectivity index (χ4v) is 4.09. The second-order valence-corrected chi connectivity index (χ2v) is 7.63. The van der Waals surface area contributed by atoms with Gasteiger partial charge in [0.2, 0.25) is 0 Å². The summed E-state index contributed by atoms with van der Waals surface area (Å²) in [5.41, 5.74) is 3.82. The first kappa shape index (κ1) is 16.4. The second kappa shape index (κ2) is 7.01. The highest BCUT2D eigenvalue weighted by molar-refractivity contribution is 7.09. The molecule has 1 fully saturated rings. The van der Waals surface area contributed by atoms with Crippen molar-refractivity contribution in [3.63, 3.8) is 0 Å². The minimum absolute atomic E-state index is 0.376. The Labute approximate surface area is 151 Å². The summed E-state index contributed by atoms with van der Waals surface area (Å²) in [5.74, 6) is 2.22. The molecule has 7 heteroatoms. The van der Waals surface area contributed by atoms with Crippen LogP contribution < -0.4 is 0 Å². The number of piperidine rings is 1. The molecule has 25 heavy (non-hydrogen) atoms. The van der Waals surface area contributed by atoms with E-state index in [-0.39, 0.29) is 0 Å². The number of thiazole rings is 1. The second-order valence-electron chi connectivity index (χ2n) is 6.66. The van der Waals surface area contributed by atoms with Crippen LogP contribution in [0.1, 0.15) is 35.2 Å². The lowest BCUT2D eigenvalue weighted by Crippen LogP contribution is -2.34. The number of imidazole rings is 1. The molecule has 1 aliphatic heterocycles. The molecular weight excluding hydrogens is 332 g/mol. The van der Waals surface area contributed by atoms with Gasteiger partial charge < -0.3 is 4.57 Å². The van der Waals surface area contributed by atoms with Gasteiger partial charge in [-0.1, -0.05) is 0 Å². The molecule has 1 aliphatic rings. The van der Waals surface area contributed by atoms with Crippen LogP contribution in [0.2, 0.25) is 0 Å². The number of hydrogen-bond donors (Lipinski definition) is 0. The van der Waals surface area contributed by atoms with Crippen LogP contribution in [0.3, 0.4) is 0 Å². The van der Waals surface area contributed by atoms with Crippen molar-refractivity contribution >= 4 is 11.3 Å². The largest absolute Gasteiger partial charge is 0.333 e. The predicted octanol–water partition coefficient (Wildman–Crippen LogP) is 3.02. The Bertz CT molecular complexity index is 841. The molecule has 0 aromatic carbocycles. The molecule has 3 aromatic heterocycles. The van der Waals surface area contributed by atoms with E-state index in [1.54, 1.807) is 11.3 Å². The lowest BCUT2D eigenvalue weighted by atomic mass is 9.97. The maximum atomic E-state index is 4.86. The predicted molar refractivity (Wildman–Crippen MR) is 98.3 cm³/mol. The average Bonchev–Trinajstić information content (AvgIpc) is 3.26. The fourth-order valence-electron chi connectivity index (χ4n) is 3.45. The number of likely N-dealkylation sites (tertiary alicyclic amines) is 1. The lowest BCUT2D eigenvalue weighted by Gasteiger charge is -2.31. The van der Waals surface area contributed by atoms with Crippen LogP contribution in [0, 0.1) is 6.92 Å². The highest BCUT2D eigenvalue weighted by Gasteiger charge is 2.24. The van der Waals surface area contributed by atoms with Crippen LogP contribution in [0.25, 0.3) is 11.5 Å². The smallest absolute Gasteiger partial charge is 0.158 e. The summed E-state index contributed by atoms with van der Waals surface area (Å²) in [5, 5.41) is 0. The molecule has 0 radical (unpaired) electrons. The van der Waals surface area contributed by atoms with Gasteiger partial charge in [-0.3, -0.25) is 9.88 Å². The summed E-state index contributed by atoms with van der Waals surface area (Å²) < 4.78 is 2.00. The summed E-state index contributed by atoms with van der Waals surface area (Å²) in [6.07, 6.45) is 8.05. The summed E-state index contributed by atoms with van der Waals surface area (Å²) in [6.45, 7) is 5.14. The molecule has 1 atom stereocenters. The van der Waals surface area contributed by atoms with E-state index in [9.17, 15) is 0 Å². The van der Waals surface area contributed by atoms with Crippen molar-refractivity contribution in [2.45, 2.75) is 32.2 Å². The van der Waals surface area contributed by atoms with Gasteiger partial charge in [-0.05, 0) is 32.4 Å². The third-order valence-corrected chi connectivity index (χ3v) is 5.42. The van der Waals surface area contributed by atoms with Crippen LogP contribution in [0.4, 0.5) is 0 Å². The third-order valence-electron chi connectivity index (χ3n) is 4.66. The zero-order valence-corrected chi connectivity index (χ0v) is 15.4. The van der Waals surface area contributed by atoms with E-state index in [2.05, 4.69) is 14.9 Å². The lowest BCUT2D eigenvalue weighted by molar-refractivity contribution is 0.198. The van der Waals surface area contributed by atoms with Crippen molar-refractivity contribution in [1.29, 1.82) is 0 Å². The minimum atomic E-state index is 0.376. The van der Waals surface area contributed by atoms with E-state index >= 15 is 0 Å². The summed E-state index contributed by atoms with van der Waals surface area (Å²) in [4.78, 5) is 22.0. The first-order valence-corrected chi connectivity index (χ1v) is 9.50. The molecule has 4 heterocycles. The van der Waals surface area contributed by atoms with Gasteiger partial charge in [0.05, 0.1) is 5.51 Å². The molecule has 0 bridgehead atoms. The number of rotatable bonds is 4. The maximum Gasteiger partial charge on any atom is 0.158 e. The van der Waals surface area contributed by atoms with Crippen molar-refractivity contribution in [2.24, 2.45) is 7.05 Å². The SMILES string of the molecule is Cc1cc(-c2nccn2C)nc(C2CCCN(Cc3cncs3)C2)n1. The van der Waals surface area contributed by atoms with Gasteiger partial charge in [0, 0.05) is 55.2 Å². The Hall–Kier alpha value is -2.12. The van der Waals surface area contributed by atoms with Crippen molar-refractivity contribution in [3.8, 4) is 11.5 Å². The number of hydrogen-bond acceptors (Lipinski definition) is 6. The Morgan fingerprint density at radius 2 is 2.24 bits per heavy atom. The maximum absolute atomic E-state index is 4.86. The molecule has 0 spiro atoms. The summed E-state index contributed by atoms with van der Waals surface area (Å²) in [6, 6.07) is 2.02. The summed E-state index contributed by atoms with van der Waals surface area (Å²) in [7, 11) is 2.00. The van der Waals surface area contributed by atoms with Crippen LogP contribution in [-0.2, 0) is 13.6 Å². The molecular formula is C18H22N6S. The van der Waals surface area contributed by atoms with Crippen molar-refractivity contribution in [2.75, 3.05) is 13.1 Å². The number of aromatic nitrogens is 5.